The molecule has 0 atom stereocenters. The van der Waals surface area contributed by atoms with Crippen LogP contribution in [0, 0.1) is 5.82 Å². The third-order valence-corrected chi connectivity index (χ3v) is 7.79. The van der Waals surface area contributed by atoms with Crippen LogP contribution in [0.3, 0.4) is 0 Å². The van der Waals surface area contributed by atoms with Crippen molar-refractivity contribution in [3.8, 4) is 5.75 Å². The topological polar surface area (TPSA) is 102 Å². The number of imide groups is 1. The van der Waals surface area contributed by atoms with Gasteiger partial charge in [-0.3, -0.25) is 19.3 Å². The number of nitrogens with one attached hydrogen (secondary N) is 1. The second kappa shape index (κ2) is 14.5. The highest BCUT2D eigenvalue weighted by atomic mass is 79.9. The summed E-state index contributed by atoms with van der Waals surface area (Å²) in [6, 6.07) is 15.5. The molecule has 0 saturated carbocycles. The van der Waals surface area contributed by atoms with Crippen molar-refractivity contribution in [3.05, 3.63) is 97.6 Å². The standard InChI is InChI=1S/C30H25BrClFN2O6S/c1-2-3-12-40-29(38)22-15-21(9-10-24(22)32)34-27(36)16-35-28(37)26(42-30(35)39)14-19-6-11-25(23(31)13-19)41-17-18-4-7-20(33)8-5-18/h4-11,13-15H,2-3,12,16-17H2,1H3,(H,34,36)/b26-14-. The fourth-order valence-electron chi connectivity index (χ4n) is 3.74. The first-order chi connectivity index (χ1) is 20.1. The molecule has 0 unspecified atom stereocenters. The number of rotatable bonds is 11. The Balaban J connectivity index is 1.37. The van der Waals surface area contributed by atoms with Gasteiger partial charge in [0, 0.05) is 5.69 Å². The summed E-state index contributed by atoms with van der Waals surface area (Å²) in [7, 11) is 0. The van der Waals surface area contributed by atoms with Gasteiger partial charge in [0.15, 0.2) is 0 Å². The summed E-state index contributed by atoms with van der Waals surface area (Å²) in [5, 5.41) is 2.17. The van der Waals surface area contributed by atoms with Crippen LogP contribution >= 0.6 is 39.3 Å². The van der Waals surface area contributed by atoms with E-state index in [1.54, 1.807) is 36.4 Å². The molecular formula is C30H25BrClFN2O6S. The number of halogens is 3. The second-order valence-corrected chi connectivity index (χ2v) is 11.4. The van der Waals surface area contributed by atoms with Gasteiger partial charge in [0.25, 0.3) is 11.1 Å². The zero-order chi connectivity index (χ0) is 30.2. The molecule has 0 spiro atoms. The third-order valence-electron chi connectivity index (χ3n) is 5.94. The summed E-state index contributed by atoms with van der Waals surface area (Å²) in [5.41, 5.74) is 1.79. The number of unbranched alkanes of at least 4 members (excludes halogenated alkanes) is 1. The summed E-state index contributed by atoms with van der Waals surface area (Å²) in [6.45, 7) is 1.94. The monoisotopic (exact) mass is 674 g/mol. The molecule has 3 aromatic rings. The van der Waals surface area contributed by atoms with Crippen LogP contribution in [0.25, 0.3) is 6.08 Å². The van der Waals surface area contributed by atoms with Crippen molar-refractivity contribution in [2.75, 3.05) is 18.5 Å². The van der Waals surface area contributed by atoms with Crippen molar-refractivity contribution in [2.45, 2.75) is 26.4 Å². The molecule has 1 aliphatic heterocycles. The summed E-state index contributed by atoms with van der Waals surface area (Å²) in [6.07, 6.45) is 3.12. The highest BCUT2D eigenvalue weighted by Crippen LogP contribution is 2.34. The van der Waals surface area contributed by atoms with Crippen LogP contribution in [0.15, 0.2) is 70.0 Å². The van der Waals surface area contributed by atoms with E-state index in [1.165, 1.54) is 30.3 Å². The number of benzene rings is 3. The lowest BCUT2D eigenvalue weighted by molar-refractivity contribution is -0.127. The molecule has 1 saturated heterocycles. The SMILES string of the molecule is CCCCOC(=O)c1cc(NC(=O)CN2C(=O)S/C(=C\c3ccc(OCc4ccc(F)cc4)c(Br)c3)C2=O)ccc1Cl. The molecule has 4 rings (SSSR count). The molecule has 0 radical (unpaired) electrons. The first-order valence-electron chi connectivity index (χ1n) is 12.8. The Morgan fingerprint density at radius 1 is 1.10 bits per heavy atom. The first-order valence-corrected chi connectivity index (χ1v) is 14.8. The lowest BCUT2D eigenvalue weighted by Gasteiger charge is -2.13. The van der Waals surface area contributed by atoms with Gasteiger partial charge >= 0.3 is 5.97 Å². The Hall–Kier alpha value is -3.67. The van der Waals surface area contributed by atoms with Gasteiger partial charge in [0.1, 0.15) is 24.7 Å². The molecule has 0 bridgehead atoms. The molecule has 0 aromatic heterocycles. The van der Waals surface area contributed by atoms with Gasteiger partial charge < -0.3 is 14.8 Å². The Bertz CT molecular complexity index is 1550. The molecule has 218 valence electrons. The number of esters is 1. The number of hydrogen-bond acceptors (Lipinski definition) is 7. The number of carbonyl (C=O) groups is 4. The van der Waals surface area contributed by atoms with Crippen molar-refractivity contribution >= 4 is 74.1 Å². The second-order valence-electron chi connectivity index (χ2n) is 9.11. The van der Waals surface area contributed by atoms with Crippen LogP contribution in [0.1, 0.15) is 41.3 Å². The van der Waals surface area contributed by atoms with Crippen molar-refractivity contribution < 1.29 is 33.0 Å². The Labute approximate surface area is 259 Å². The molecule has 1 N–H and O–H groups in total. The van der Waals surface area contributed by atoms with Gasteiger partial charge in [-0.1, -0.05) is 43.1 Å². The zero-order valence-electron chi connectivity index (χ0n) is 22.3. The number of amides is 3. The molecule has 8 nitrogen and oxygen atoms in total. The maximum atomic E-state index is 13.1. The van der Waals surface area contributed by atoms with Crippen LogP contribution in [-0.2, 0) is 20.9 Å². The molecule has 0 aliphatic carbocycles. The number of carbonyl (C=O) groups excluding carboxylic acids is 4. The van der Waals surface area contributed by atoms with Crippen molar-refractivity contribution in [3.63, 3.8) is 0 Å². The van der Waals surface area contributed by atoms with Crippen LogP contribution in [0.5, 0.6) is 5.75 Å². The zero-order valence-corrected chi connectivity index (χ0v) is 25.5. The van der Waals surface area contributed by atoms with Gasteiger partial charge in [-0.05, 0) is 93.8 Å². The van der Waals surface area contributed by atoms with Gasteiger partial charge in [0.05, 0.1) is 26.6 Å². The Kier molecular flexibility index (Phi) is 10.8. The van der Waals surface area contributed by atoms with E-state index in [-0.39, 0.29) is 40.2 Å². The number of thioether (sulfide) groups is 1. The predicted molar refractivity (Wildman–Crippen MR) is 163 cm³/mol. The molecule has 1 fully saturated rings. The lowest BCUT2D eigenvalue weighted by atomic mass is 10.2. The predicted octanol–water partition coefficient (Wildman–Crippen LogP) is 7.45. The van der Waals surface area contributed by atoms with E-state index in [0.29, 0.717) is 22.2 Å². The van der Waals surface area contributed by atoms with Gasteiger partial charge in [-0.25, -0.2) is 9.18 Å². The minimum atomic E-state index is -0.628. The van der Waals surface area contributed by atoms with E-state index < -0.39 is 29.6 Å². The van der Waals surface area contributed by atoms with E-state index in [0.717, 1.165) is 28.6 Å². The fourth-order valence-corrected chi connectivity index (χ4v) is 5.29. The van der Waals surface area contributed by atoms with Gasteiger partial charge in [0.2, 0.25) is 5.91 Å². The average molecular weight is 676 g/mol. The van der Waals surface area contributed by atoms with Crippen LogP contribution in [0.4, 0.5) is 14.9 Å². The highest BCUT2D eigenvalue weighted by Gasteiger charge is 2.36. The van der Waals surface area contributed by atoms with E-state index in [2.05, 4.69) is 21.2 Å². The Morgan fingerprint density at radius 3 is 2.57 bits per heavy atom. The Morgan fingerprint density at radius 2 is 1.86 bits per heavy atom. The molecule has 12 heteroatoms. The fraction of sp³-hybridized carbons (Fsp3) is 0.200. The molecule has 3 amide bonds. The smallest absolute Gasteiger partial charge is 0.339 e. The van der Waals surface area contributed by atoms with E-state index >= 15 is 0 Å². The number of anilines is 1. The number of hydrogen-bond donors (Lipinski definition) is 1. The lowest BCUT2D eigenvalue weighted by Crippen LogP contribution is -2.36. The number of ether oxygens (including phenoxy) is 2. The van der Waals surface area contributed by atoms with Crippen molar-refractivity contribution in [1.82, 2.24) is 4.90 Å². The summed E-state index contributed by atoms with van der Waals surface area (Å²) < 4.78 is 24.7. The third kappa shape index (κ3) is 8.21. The highest BCUT2D eigenvalue weighted by molar-refractivity contribution is 9.10. The van der Waals surface area contributed by atoms with Crippen molar-refractivity contribution in [2.24, 2.45) is 0 Å². The minimum absolute atomic E-state index is 0.0951. The molecular weight excluding hydrogens is 651 g/mol. The van der Waals surface area contributed by atoms with Crippen LogP contribution in [0.2, 0.25) is 5.02 Å². The normalized spacial score (nSPS) is 13.9. The summed E-state index contributed by atoms with van der Waals surface area (Å²) in [4.78, 5) is 51.5. The maximum absolute atomic E-state index is 13.1. The van der Waals surface area contributed by atoms with Gasteiger partial charge in [-0.2, -0.15) is 0 Å². The number of nitrogens with zero attached hydrogens (tertiary/aromatic N) is 1. The summed E-state index contributed by atoms with van der Waals surface area (Å²) in [5.74, 6) is -1.63. The van der Waals surface area contributed by atoms with Crippen molar-refractivity contribution in [1.29, 1.82) is 0 Å². The minimum Gasteiger partial charge on any atom is -0.488 e. The average Bonchev–Trinajstić information content (AvgIpc) is 3.21. The van der Waals surface area contributed by atoms with E-state index in [9.17, 15) is 23.6 Å². The van der Waals surface area contributed by atoms with Crippen LogP contribution in [-0.4, -0.2) is 41.1 Å². The van der Waals surface area contributed by atoms with E-state index in [1.807, 2.05) is 6.92 Å². The largest absolute Gasteiger partial charge is 0.488 e. The maximum Gasteiger partial charge on any atom is 0.339 e. The quantitative estimate of drug-likeness (QED) is 0.128. The molecule has 3 aromatic carbocycles. The molecule has 1 heterocycles. The first kappa shape index (κ1) is 31.3. The van der Waals surface area contributed by atoms with Gasteiger partial charge in [-0.15, -0.1) is 0 Å². The van der Waals surface area contributed by atoms with Crippen LogP contribution < -0.4 is 10.1 Å². The summed E-state index contributed by atoms with van der Waals surface area (Å²) >= 11 is 10.3. The molecule has 42 heavy (non-hydrogen) atoms. The van der Waals surface area contributed by atoms with E-state index in [4.69, 9.17) is 21.1 Å². The molecule has 1 aliphatic rings.